The van der Waals surface area contributed by atoms with E-state index in [9.17, 15) is 4.79 Å². The van der Waals surface area contributed by atoms with Crippen LogP contribution in [0.1, 0.15) is 28.8 Å². The van der Waals surface area contributed by atoms with Crippen LogP contribution in [0.2, 0.25) is 0 Å². The molecular weight excluding hydrogens is 336 g/mol. The molecule has 25 heavy (non-hydrogen) atoms. The molecule has 0 radical (unpaired) electrons. The number of amides is 1. The zero-order chi connectivity index (χ0) is 17.2. The molecule has 1 aliphatic heterocycles. The van der Waals surface area contributed by atoms with E-state index in [-0.39, 0.29) is 12.7 Å². The molecule has 0 bridgehead atoms. The maximum atomic E-state index is 12.8. The Balaban J connectivity index is 1.49. The lowest BCUT2D eigenvalue weighted by molar-refractivity contribution is -0.131. The van der Waals surface area contributed by atoms with E-state index in [2.05, 4.69) is 23.7 Å². The van der Waals surface area contributed by atoms with Crippen molar-refractivity contribution in [2.75, 3.05) is 13.3 Å². The Bertz CT molecular complexity index is 770. The summed E-state index contributed by atoms with van der Waals surface area (Å²) in [6, 6.07) is 8.52. The minimum atomic E-state index is 0.136. The number of carbonyl (C=O) groups excluding carboxylic acids is 1. The number of fused-ring (bicyclic) bond motifs is 1. The van der Waals surface area contributed by atoms with Gasteiger partial charge < -0.3 is 19.7 Å². The lowest BCUT2D eigenvalue weighted by atomic mass is 10.1. The third kappa shape index (κ3) is 3.96. The van der Waals surface area contributed by atoms with Gasteiger partial charge in [0.1, 0.15) is 0 Å². The molecule has 5 nitrogen and oxygen atoms in total. The van der Waals surface area contributed by atoms with Crippen molar-refractivity contribution in [2.24, 2.45) is 0 Å². The maximum absolute atomic E-state index is 12.8. The van der Waals surface area contributed by atoms with E-state index < -0.39 is 0 Å². The first-order valence-electron chi connectivity index (χ1n) is 8.62. The van der Waals surface area contributed by atoms with Gasteiger partial charge in [-0.05, 0) is 54.5 Å². The molecule has 1 fully saturated rings. The Morgan fingerprint density at radius 2 is 2.08 bits per heavy atom. The van der Waals surface area contributed by atoms with Crippen LogP contribution >= 0.6 is 11.3 Å². The summed E-state index contributed by atoms with van der Waals surface area (Å²) in [4.78, 5) is 15.9. The fraction of sp³-hybridized carbons (Fsp3) is 0.421. The molecule has 1 saturated carbocycles. The topological polar surface area (TPSA) is 50.8 Å². The predicted molar refractivity (Wildman–Crippen MR) is 96.9 cm³/mol. The molecule has 2 heterocycles. The summed E-state index contributed by atoms with van der Waals surface area (Å²) in [6.45, 7) is 3.97. The van der Waals surface area contributed by atoms with Crippen molar-refractivity contribution < 1.29 is 14.3 Å². The summed E-state index contributed by atoms with van der Waals surface area (Å²) in [5.74, 6) is 1.66. The highest BCUT2D eigenvalue weighted by atomic mass is 32.1. The monoisotopic (exact) mass is 358 g/mol. The molecular formula is C19H22N2O3S. The summed E-state index contributed by atoms with van der Waals surface area (Å²) in [5.41, 5.74) is 2.29. The molecule has 1 amide bonds. The molecule has 0 spiro atoms. The van der Waals surface area contributed by atoms with Crippen LogP contribution in [0.4, 0.5) is 0 Å². The van der Waals surface area contributed by atoms with Gasteiger partial charge in [-0.15, -0.1) is 11.3 Å². The second-order valence-corrected chi connectivity index (χ2v) is 7.62. The van der Waals surface area contributed by atoms with Crippen LogP contribution in [0.3, 0.4) is 0 Å². The second kappa shape index (κ2) is 7.06. The van der Waals surface area contributed by atoms with Crippen molar-refractivity contribution in [1.29, 1.82) is 0 Å². The molecule has 132 valence electrons. The van der Waals surface area contributed by atoms with Crippen LogP contribution in [0.5, 0.6) is 11.5 Å². The molecule has 2 aromatic rings. The summed E-state index contributed by atoms with van der Waals surface area (Å²) in [7, 11) is 0. The normalized spacial score (nSPS) is 15.4. The Labute approximate surface area is 151 Å². The zero-order valence-electron chi connectivity index (χ0n) is 14.3. The highest BCUT2D eigenvalue weighted by molar-refractivity contribution is 7.10. The second-order valence-electron chi connectivity index (χ2n) is 6.62. The van der Waals surface area contributed by atoms with E-state index in [0.29, 0.717) is 25.7 Å². The third-order valence-electron chi connectivity index (χ3n) is 4.59. The van der Waals surface area contributed by atoms with Crippen molar-refractivity contribution in [3.05, 3.63) is 45.6 Å². The lowest BCUT2D eigenvalue weighted by Gasteiger charge is -2.23. The molecule has 0 atom stereocenters. The fourth-order valence-electron chi connectivity index (χ4n) is 2.86. The van der Waals surface area contributed by atoms with Crippen LogP contribution in [0.25, 0.3) is 0 Å². The van der Waals surface area contributed by atoms with Crippen LogP contribution in [0, 0.1) is 6.92 Å². The fourth-order valence-corrected chi connectivity index (χ4v) is 3.78. The number of hydrogen-bond acceptors (Lipinski definition) is 5. The van der Waals surface area contributed by atoms with Crippen LogP contribution in [-0.4, -0.2) is 30.2 Å². The van der Waals surface area contributed by atoms with Gasteiger partial charge in [-0.3, -0.25) is 4.79 Å². The number of benzene rings is 1. The van der Waals surface area contributed by atoms with E-state index in [4.69, 9.17) is 9.47 Å². The maximum Gasteiger partial charge on any atom is 0.237 e. The standard InChI is InChI=1S/C19H22N2O3S/c1-13-6-7-25-18(13)11-21(19(22)9-20-15-3-4-15)10-14-2-5-16-17(8-14)24-12-23-16/h2,5-8,15,20H,3-4,9-12H2,1H3. The number of rotatable bonds is 7. The highest BCUT2D eigenvalue weighted by Gasteiger charge is 2.24. The van der Waals surface area contributed by atoms with Gasteiger partial charge in [0, 0.05) is 17.5 Å². The van der Waals surface area contributed by atoms with E-state index in [0.717, 1.165) is 17.1 Å². The van der Waals surface area contributed by atoms with Crippen molar-refractivity contribution in [1.82, 2.24) is 10.2 Å². The van der Waals surface area contributed by atoms with Crippen molar-refractivity contribution in [2.45, 2.75) is 38.9 Å². The van der Waals surface area contributed by atoms with Crippen molar-refractivity contribution >= 4 is 17.2 Å². The lowest BCUT2D eigenvalue weighted by Crippen LogP contribution is -2.38. The Morgan fingerprint density at radius 1 is 1.24 bits per heavy atom. The van der Waals surface area contributed by atoms with E-state index in [1.165, 1.54) is 23.3 Å². The smallest absolute Gasteiger partial charge is 0.237 e. The largest absolute Gasteiger partial charge is 0.454 e. The number of carbonyl (C=O) groups is 1. The van der Waals surface area contributed by atoms with Gasteiger partial charge in [-0.25, -0.2) is 0 Å². The summed E-state index contributed by atoms with van der Waals surface area (Å²) in [6.07, 6.45) is 2.36. The minimum absolute atomic E-state index is 0.136. The number of ether oxygens (including phenoxy) is 2. The van der Waals surface area contributed by atoms with Gasteiger partial charge in [0.2, 0.25) is 12.7 Å². The first-order valence-corrected chi connectivity index (χ1v) is 9.49. The Kier molecular flexibility index (Phi) is 4.63. The molecule has 6 heteroatoms. The minimum Gasteiger partial charge on any atom is -0.454 e. The van der Waals surface area contributed by atoms with E-state index in [1.54, 1.807) is 11.3 Å². The number of nitrogens with zero attached hydrogens (tertiary/aromatic N) is 1. The van der Waals surface area contributed by atoms with Gasteiger partial charge in [-0.2, -0.15) is 0 Å². The van der Waals surface area contributed by atoms with Gasteiger partial charge in [-0.1, -0.05) is 6.07 Å². The molecule has 0 saturated heterocycles. The first-order chi connectivity index (χ1) is 12.2. The molecule has 1 aromatic heterocycles. The predicted octanol–water partition coefficient (Wildman–Crippen LogP) is 3.07. The number of thiophene rings is 1. The molecule has 4 rings (SSSR count). The SMILES string of the molecule is Cc1ccsc1CN(Cc1ccc2c(c1)OCO2)C(=O)CNC1CC1. The number of nitrogens with one attached hydrogen (secondary N) is 1. The number of aryl methyl sites for hydroxylation is 1. The average Bonchev–Trinajstić information content (AvgIpc) is 3.18. The number of hydrogen-bond donors (Lipinski definition) is 1. The summed E-state index contributed by atoms with van der Waals surface area (Å²) in [5, 5.41) is 5.41. The molecule has 2 aliphatic rings. The Hall–Kier alpha value is -2.05. The van der Waals surface area contributed by atoms with Gasteiger partial charge in [0.15, 0.2) is 11.5 Å². The first kappa shape index (κ1) is 16.4. The van der Waals surface area contributed by atoms with Crippen molar-refractivity contribution in [3.63, 3.8) is 0 Å². The summed E-state index contributed by atoms with van der Waals surface area (Å²) < 4.78 is 10.8. The summed E-state index contributed by atoms with van der Waals surface area (Å²) >= 11 is 1.70. The van der Waals surface area contributed by atoms with Crippen LogP contribution in [0.15, 0.2) is 29.6 Å². The van der Waals surface area contributed by atoms with E-state index >= 15 is 0 Å². The Morgan fingerprint density at radius 3 is 2.84 bits per heavy atom. The van der Waals surface area contributed by atoms with Gasteiger partial charge in [0.25, 0.3) is 0 Å². The van der Waals surface area contributed by atoms with Crippen LogP contribution in [-0.2, 0) is 17.9 Å². The highest BCUT2D eigenvalue weighted by Crippen LogP contribution is 2.33. The third-order valence-corrected chi connectivity index (χ3v) is 5.59. The van der Waals surface area contributed by atoms with Gasteiger partial charge >= 0.3 is 0 Å². The molecule has 1 N–H and O–H groups in total. The van der Waals surface area contributed by atoms with Gasteiger partial charge in [0.05, 0.1) is 13.1 Å². The zero-order valence-corrected chi connectivity index (χ0v) is 15.1. The molecule has 0 unspecified atom stereocenters. The van der Waals surface area contributed by atoms with E-state index in [1.807, 2.05) is 23.1 Å². The molecule has 1 aliphatic carbocycles. The average molecular weight is 358 g/mol. The molecule has 1 aromatic carbocycles. The van der Waals surface area contributed by atoms with Crippen molar-refractivity contribution in [3.8, 4) is 11.5 Å². The quantitative estimate of drug-likeness (QED) is 0.826. The van der Waals surface area contributed by atoms with Crippen LogP contribution < -0.4 is 14.8 Å².